The van der Waals surface area contributed by atoms with Gasteiger partial charge in [-0.05, 0) is 90.9 Å². The number of nitrogens with zero attached hydrogens (tertiary/aromatic N) is 3. The number of rotatable bonds is 8. The van der Waals surface area contributed by atoms with E-state index < -0.39 is 11.8 Å². The van der Waals surface area contributed by atoms with Crippen molar-refractivity contribution in [2.75, 3.05) is 16.4 Å². The first-order valence-corrected chi connectivity index (χ1v) is 16.1. The molecule has 1 saturated heterocycles. The van der Waals surface area contributed by atoms with Crippen molar-refractivity contribution >= 4 is 46.6 Å². The molecule has 0 radical (unpaired) electrons. The van der Waals surface area contributed by atoms with Gasteiger partial charge in [0.15, 0.2) is 5.11 Å². The van der Waals surface area contributed by atoms with Crippen LogP contribution in [0.2, 0.25) is 0 Å². The summed E-state index contributed by atoms with van der Waals surface area (Å²) in [6, 6.07) is 48.4. The van der Waals surface area contributed by atoms with E-state index in [1.807, 2.05) is 146 Å². The van der Waals surface area contributed by atoms with Crippen LogP contribution in [-0.4, -0.2) is 28.1 Å². The van der Waals surface area contributed by atoms with E-state index in [1.165, 1.54) is 9.80 Å². The molecule has 2 amide bonds. The summed E-state index contributed by atoms with van der Waals surface area (Å²) in [5.41, 5.74) is 6.39. The number of benzene rings is 5. The second-order valence-corrected chi connectivity index (χ2v) is 11.5. The largest absolute Gasteiger partial charge is 0.494 e. The number of anilines is 2. The molecule has 7 heteroatoms. The molecule has 1 aromatic heterocycles. The standard InChI is InChI=1S/C41H31N3O3S/c1-2-47-35-25-23-34(24-26-35)42-37(29-15-7-3-8-16-29)28-31(38(42)30-17-9-4-10-18-30)27-36-39(45)43(32-19-11-5-12-20-32)41(48)44(40(36)46)33-21-13-6-14-22-33/h3-28H,2H2,1H3. The first-order chi connectivity index (χ1) is 23.5. The van der Waals surface area contributed by atoms with Gasteiger partial charge < -0.3 is 9.30 Å². The van der Waals surface area contributed by atoms with E-state index in [-0.39, 0.29) is 10.7 Å². The highest BCUT2D eigenvalue weighted by Gasteiger charge is 2.41. The summed E-state index contributed by atoms with van der Waals surface area (Å²) in [5.74, 6) is -0.204. The number of hydrogen-bond acceptors (Lipinski definition) is 4. The third-order valence-corrected chi connectivity index (χ3v) is 8.50. The van der Waals surface area contributed by atoms with Crippen LogP contribution in [-0.2, 0) is 9.59 Å². The average Bonchev–Trinajstić information content (AvgIpc) is 3.51. The summed E-state index contributed by atoms with van der Waals surface area (Å²) in [7, 11) is 0. The fourth-order valence-corrected chi connectivity index (χ4v) is 6.35. The van der Waals surface area contributed by atoms with Crippen molar-refractivity contribution in [1.29, 1.82) is 0 Å². The molecule has 0 bridgehead atoms. The average molecular weight is 646 g/mol. The highest BCUT2D eigenvalue weighted by Crippen LogP contribution is 2.39. The molecule has 1 aliphatic rings. The van der Waals surface area contributed by atoms with Crippen molar-refractivity contribution in [3.8, 4) is 34.0 Å². The van der Waals surface area contributed by atoms with Gasteiger partial charge in [-0.15, -0.1) is 0 Å². The number of ether oxygens (including phenoxy) is 1. The molecule has 7 rings (SSSR count). The van der Waals surface area contributed by atoms with E-state index in [1.54, 1.807) is 6.08 Å². The van der Waals surface area contributed by atoms with E-state index in [4.69, 9.17) is 17.0 Å². The Kier molecular flexibility index (Phi) is 8.51. The molecule has 6 nitrogen and oxygen atoms in total. The molecule has 48 heavy (non-hydrogen) atoms. The van der Waals surface area contributed by atoms with Crippen LogP contribution in [0.1, 0.15) is 12.5 Å². The molecule has 0 N–H and O–H groups in total. The van der Waals surface area contributed by atoms with Gasteiger partial charge in [0.05, 0.1) is 29.4 Å². The summed E-state index contributed by atoms with van der Waals surface area (Å²) in [6.45, 7) is 2.52. The molecule has 1 fully saturated rings. The van der Waals surface area contributed by atoms with Crippen LogP contribution in [0, 0.1) is 0 Å². The number of hydrogen-bond donors (Lipinski definition) is 0. The van der Waals surface area contributed by atoms with E-state index in [0.29, 0.717) is 23.5 Å². The zero-order valence-electron chi connectivity index (χ0n) is 26.2. The minimum atomic E-state index is -0.488. The number of para-hydroxylation sites is 2. The normalized spacial score (nSPS) is 13.2. The highest BCUT2D eigenvalue weighted by molar-refractivity contribution is 7.81. The molecule has 0 saturated carbocycles. The van der Waals surface area contributed by atoms with Crippen molar-refractivity contribution < 1.29 is 14.3 Å². The van der Waals surface area contributed by atoms with Crippen LogP contribution in [0.15, 0.2) is 157 Å². The summed E-state index contributed by atoms with van der Waals surface area (Å²) in [4.78, 5) is 31.7. The zero-order chi connectivity index (χ0) is 33.0. The zero-order valence-corrected chi connectivity index (χ0v) is 27.0. The first kappa shape index (κ1) is 30.6. The number of aromatic nitrogens is 1. The summed E-state index contributed by atoms with van der Waals surface area (Å²) < 4.78 is 7.91. The molecular weight excluding hydrogens is 615 g/mol. The molecule has 6 aromatic rings. The van der Waals surface area contributed by atoms with Crippen molar-refractivity contribution in [2.24, 2.45) is 0 Å². The van der Waals surface area contributed by atoms with Gasteiger partial charge in [0.1, 0.15) is 11.3 Å². The summed E-state index contributed by atoms with van der Waals surface area (Å²) in [5, 5.41) is 0.0970. The Balaban J connectivity index is 1.49. The smallest absolute Gasteiger partial charge is 0.270 e. The topological polar surface area (TPSA) is 54.8 Å². The van der Waals surface area contributed by atoms with Crippen LogP contribution in [0.3, 0.4) is 0 Å². The maximum Gasteiger partial charge on any atom is 0.270 e. The van der Waals surface area contributed by atoms with Crippen molar-refractivity contribution in [2.45, 2.75) is 6.92 Å². The monoisotopic (exact) mass is 645 g/mol. The predicted octanol–water partition coefficient (Wildman–Crippen LogP) is 8.96. The van der Waals surface area contributed by atoms with Gasteiger partial charge in [0.25, 0.3) is 11.8 Å². The maximum atomic E-state index is 14.4. The number of amides is 2. The van der Waals surface area contributed by atoms with E-state index in [9.17, 15) is 9.59 Å². The lowest BCUT2D eigenvalue weighted by atomic mass is 10.0. The lowest BCUT2D eigenvalue weighted by Crippen LogP contribution is -2.56. The molecule has 2 heterocycles. The quantitative estimate of drug-likeness (QED) is 0.0942. The van der Waals surface area contributed by atoms with Crippen molar-refractivity contribution in [3.63, 3.8) is 0 Å². The Morgan fingerprint density at radius 2 is 1.08 bits per heavy atom. The Morgan fingerprint density at radius 1 is 0.604 bits per heavy atom. The van der Waals surface area contributed by atoms with Crippen LogP contribution in [0.4, 0.5) is 11.4 Å². The summed E-state index contributed by atoms with van der Waals surface area (Å²) in [6.07, 6.45) is 1.71. The van der Waals surface area contributed by atoms with Crippen LogP contribution < -0.4 is 14.5 Å². The van der Waals surface area contributed by atoms with Gasteiger partial charge in [-0.1, -0.05) is 97.1 Å². The van der Waals surface area contributed by atoms with Gasteiger partial charge in [-0.2, -0.15) is 0 Å². The Hall–Kier alpha value is -6.05. The molecule has 0 spiro atoms. The Labute approximate surface area is 284 Å². The molecule has 0 unspecified atom stereocenters. The number of carbonyl (C=O) groups excluding carboxylic acids is 2. The van der Waals surface area contributed by atoms with Gasteiger partial charge in [0, 0.05) is 11.3 Å². The van der Waals surface area contributed by atoms with Gasteiger partial charge in [-0.25, -0.2) is 0 Å². The van der Waals surface area contributed by atoms with E-state index in [0.717, 1.165) is 34.0 Å². The van der Waals surface area contributed by atoms with E-state index in [2.05, 4.69) is 16.7 Å². The molecular formula is C41H31N3O3S. The fraction of sp³-hybridized carbons (Fsp3) is 0.0488. The lowest BCUT2D eigenvalue weighted by Gasteiger charge is -2.36. The minimum Gasteiger partial charge on any atom is -0.494 e. The van der Waals surface area contributed by atoms with Gasteiger partial charge in [-0.3, -0.25) is 19.4 Å². The van der Waals surface area contributed by atoms with E-state index >= 15 is 0 Å². The highest BCUT2D eigenvalue weighted by atomic mass is 32.1. The van der Waals surface area contributed by atoms with Crippen molar-refractivity contribution in [3.05, 3.63) is 163 Å². The van der Waals surface area contributed by atoms with Crippen LogP contribution >= 0.6 is 12.2 Å². The second-order valence-electron chi connectivity index (χ2n) is 11.1. The van der Waals surface area contributed by atoms with Crippen LogP contribution in [0.5, 0.6) is 5.75 Å². The predicted molar refractivity (Wildman–Crippen MR) is 196 cm³/mol. The third-order valence-electron chi connectivity index (χ3n) is 8.13. The van der Waals surface area contributed by atoms with Crippen molar-refractivity contribution in [1.82, 2.24) is 4.57 Å². The minimum absolute atomic E-state index is 0.00283. The van der Waals surface area contributed by atoms with Gasteiger partial charge in [0.2, 0.25) is 0 Å². The molecule has 5 aromatic carbocycles. The molecule has 0 aliphatic carbocycles. The SMILES string of the molecule is CCOc1ccc(-n2c(-c3ccccc3)cc(C=C3C(=O)N(c4ccccc4)C(=S)N(c4ccccc4)C3=O)c2-c2ccccc2)cc1. The Bertz CT molecular complexity index is 2060. The number of thiocarbonyl (C=S) groups is 1. The maximum absolute atomic E-state index is 14.4. The fourth-order valence-electron chi connectivity index (χ4n) is 5.97. The summed E-state index contributed by atoms with van der Waals surface area (Å²) >= 11 is 5.84. The number of carbonyl (C=O) groups is 2. The Morgan fingerprint density at radius 3 is 1.58 bits per heavy atom. The second kappa shape index (κ2) is 13.4. The third kappa shape index (κ3) is 5.72. The lowest BCUT2D eigenvalue weighted by molar-refractivity contribution is -0.120. The molecule has 0 atom stereocenters. The molecule has 1 aliphatic heterocycles. The van der Waals surface area contributed by atoms with Gasteiger partial charge >= 0.3 is 0 Å². The van der Waals surface area contributed by atoms with Crippen LogP contribution in [0.25, 0.3) is 34.3 Å². The molecule has 234 valence electrons. The first-order valence-electron chi connectivity index (χ1n) is 15.7.